The van der Waals surface area contributed by atoms with Gasteiger partial charge in [0.25, 0.3) is 5.91 Å². The summed E-state index contributed by atoms with van der Waals surface area (Å²) in [6.07, 6.45) is 1.96. The normalized spacial score (nSPS) is 18.3. The lowest BCUT2D eigenvalue weighted by Gasteiger charge is -2.25. The smallest absolute Gasteiger partial charge is 0.276 e. The summed E-state index contributed by atoms with van der Waals surface area (Å²) >= 11 is 5.99. The van der Waals surface area contributed by atoms with Crippen LogP contribution in [0.1, 0.15) is 16.7 Å². The molecule has 27 heavy (non-hydrogen) atoms. The highest BCUT2D eigenvalue weighted by molar-refractivity contribution is 6.30. The lowest BCUT2D eigenvalue weighted by Crippen LogP contribution is -2.38. The van der Waals surface area contributed by atoms with Gasteiger partial charge in [-0.15, -0.1) is 0 Å². The summed E-state index contributed by atoms with van der Waals surface area (Å²) in [5.41, 5.74) is 2.11. The first-order chi connectivity index (χ1) is 13.2. The van der Waals surface area contributed by atoms with Crippen molar-refractivity contribution in [2.45, 2.75) is 12.0 Å². The van der Waals surface area contributed by atoms with Crippen molar-refractivity contribution < 1.29 is 9.63 Å². The van der Waals surface area contributed by atoms with Crippen molar-refractivity contribution in [3.8, 4) is 0 Å². The molecule has 3 aromatic carbocycles. The fraction of sp³-hybridized carbons (Fsp3) is 0.0909. The Hall–Kier alpha value is -3.11. The Morgan fingerprint density at radius 1 is 0.963 bits per heavy atom. The van der Waals surface area contributed by atoms with Gasteiger partial charge in [-0.25, -0.2) is 0 Å². The maximum atomic E-state index is 12.9. The summed E-state index contributed by atoms with van der Waals surface area (Å²) in [5.74, 6) is -0.233. The predicted molar refractivity (Wildman–Crippen MR) is 107 cm³/mol. The third-order valence-electron chi connectivity index (χ3n) is 4.55. The molecule has 5 heteroatoms. The molecule has 1 aliphatic heterocycles. The van der Waals surface area contributed by atoms with E-state index in [0.717, 1.165) is 22.4 Å². The van der Waals surface area contributed by atoms with E-state index in [4.69, 9.17) is 16.4 Å². The van der Waals surface area contributed by atoms with Crippen LogP contribution in [0.5, 0.6) is 0 Å². The minimum Gasteiger partial charge on any atom is -0.374 e. The van der Waals surface area contributed by atoms with Crippen LogP contribution in [0.15, 0.2) is 84.0 Å². The lowest BCUT2D eigenvalue weighted by molar-refractivity contribution is -0.141. The van der Waals surface area contributed by atoms with Crippen LogP contribution in [0.3, 0.4) is 0 Å². The molecule has 3 aromatic rings. The second kappa shape index (κ2) is 7.25. The van der Waals surface area contributed by atoms with E-state index in [-0.39, 0.29) is 5.91 Å². The van der Waals surface area contributed by atoms with E-state index in [1.165, 1.54) is 0 Å². The van der Waals surface area contributed by atoms with Crippen LogP contribution in [0.2, 0.25) is 5.02 Å². The molecule has 0 saturated carbocycles. The van der Waals surface area contributed by atoms with E-state index in [1.807, 2.05) is 66.7 Å². The summed E-state index contributed by atoms with van der Waals surface area (Å²) in [6, 6.07) is 24.5. The van der Waals surface area contributed by atoms with Crippen LogP contribution >= 0.6 is 11.6 Å². The SMILES string of the molecule is O=C1Nc2ccccc2[C@]1(Cc1ccc(Cl)cc1)O/N=C/c1ccccc1. The number of anilines is 1. The lowest BCUT2D eigenvalue weighted by atomic mass is 9.88. The van der Waals surface area contributed by atoms with Crippen LogP contribution in [0.25, 0.3) is 0 Å². The number of halogens is 1. The molecule has 4 nitrogen and oxygen atoms in total. The van der Waals surface area contributed by atoms with Crippen molar-refractivity contribution in [3.05, 3.63) is 101 Å². The Labute approximate surface area is 162 Å². The molecule has 1 N–H and O–H groups in total. The van der Waals surface area contributed by atoms with Gasteiger partial charge in [-0.1, -0.05) is 77.4 Å². The molecule has 134 valence electrons. The van der Waals surface area contributed by atoms with E-state index in [9.17, 15) is 4.79 Å². The van der Waals surface area contributed by atoms with E-state index in [2.05, 4.69) is 10.5 Å². The van der Waals surface area contributed by atoms with Crippen molar-refractivity contribution in [2.24, 2.45) is 5.16 Å². The summed E-state index contributed by atoms with van der Waals surface area (Å²) in [4.78, 5) is 18.8. The first-order valence-corrected chi connectivity index (χ1v) is 8.97. The molecule has 0 saturated heterocycles. The number of carbonyl (C=O) groups is 1. The maximum Gasteiger partial charge on any atom is 0.276 e. The van der Waals surface area contributed by atoms with Gasteiger partial charge in [0.2, 0.25) is 5.60 Å². The summed E-state index contributed by atoms with van der Waals surface area (Å²) in [5, 5.41) is 7.70. The highest BCUT2D eigenvalue weighted by atomic mass is 35.5. The number of benzene rings is 3. The van der Waals surface area contributed by atoms with Crippen LogP contribution in [0, 0.1) is 0 Å². The molecule has 0 aliphatic carbocycles. The van der Waals surface area contributed by atoms with E-state index >= 15 is 0 Å². The van der Waals surface area contributed by atoms with Gasteiger partial charge in [0, 0.05) is 22.7 Å². The topological polar surface area (TPSA) is 50.7 Å². The average molecular weight is 377 g/mol. The van der Waals surface area contributed by atoms with Gasteiger partial charge in [-0.3, -0.25) is 4.79 Å². The van der Waals surface area contributed by atoms with Gasteiger partial charge in [0.15, 0.2) is 0 Å². The zero-order valence-corrected chi connectivity index (χ0v) is 15.2. The number of fused-ring (bicyclic) bond motifs is 1. The monoisotopic (exact) mass is 376 g/mol. The van der Waals surface area contributed by atoms with E-state index in [0.29, 0.717) is 11.4 Å². The molecule has 0 fully saturated rings. The molecule has 1 atom stereocenters. The Balaban J connectivity index is 1.70. The molecule has 1 amide bonds. The number of rotatable bonds is 5. The van der Waals surface area contributed by atoms with Crippen molar-refractivity contribution in [3.63, 3.8) is 0 Å². The molecule has 1 heterocycles. The molecule has 1 aliphatic rings. The number of amides is 1. The summed E-state index contributed by atoms with van der Waals surface area (Å²) in [7, 11) is 0. The van der Waals surface area contributed by atoms with Crippen LogP contribution < -0.4 is 5.32 Å². The number of hydrogen-bond acceptors (Lipinski definition) is 3. The molecule has 0 aromatic heterocycles. The number of para-hydroxylation sites is 1. The Morgan fingerprint density at radius 2 is 1.67 bits per heavy atom. The van der Waals surface area contributed by atoms with Gasteiger partial charge in [-0.2, -0.15) is 0 Å². The first-order valence-electron chi connectivity index (χ1n) is 8.59. The zero-order chi connectivity index (χ0) is 18.7. The van der Waals surface area contributed by atoms with Gasteiger partial charge < -0.3 is 10.2 Å². The second-order valence-electron chi connectivity index (χ2n) is 6.37. The minimum atomic E-state index is -1.23. The minimum absolute atomic E-state index is 0.233. The zero-order valence-electron chi connectivity index (χ0n) is 14.4. The first kappa shape index (κ1) is 17.3. The molecular weight excluding hydrogens is 360 g/mol. The number of nitrogens with one attached hydrogen (secondary N) is 1. The molecule has 4 rings (SSSR count). The van der Waals surface area contributed by atoms with Crippen molar-refractivity contribution in [1.82, 2.24) is 0 Å². The molecule has 0 spiro atoms. The summed E-state index contributed by atoms with van der Waals surface area (Å²) < 4.78 is 0. The number of oxime groups is 1. The second-order valence-corrected chi connectivity index (χ2v) is 6.80. The third-order valence-corrected chi connectivity index (χ3v) is 4.81. The van der Waals surface area contributed by atoms with Crippen molar-refractivity contribution >= 4 is 29.4 Å². The average Bonchev–Trinajstić information content (AvgIpc) is 2.96. The standard InChI is InChI=1S/C22H17ClN2O2/c23-18-12-10-16(11-13-18)14-22(27-24-15-17-6-2-1-3-7-17)19-8-4-5-9-20(19)25-21(22)26/h1-13,15H,14H2,(H,25,26)/b24-15+/t22-/m0/s1. The van der Waals surface area contributed by atoms with Gasteiger partial charge >= 0.3 is 0 Å². The molecule has 0 bridgehead atoms. The Bertz CT molecular complexity index is 987. The fourth-order valence-electron chi connectivity index (χ4n) is 3.19. The van der Waals surface area contributed by atoms with E-state index < -0.39 is 5.60 Å². The van der Waals surface area contributed by atoms with Crippen LogP contribution in [-0.2, 0) is 21.7 Å². The third kappa shape index (κ3) is 3.44. The Morgan fingerprint density at radius 3 is 2.44 bits per heavy atom. The number of hydrogen-bond donors (Lipinski definition) is 1. The molecular formula is C22H17ClN2O2. The Kier molecular flexibility index (Phi) is 4.65. The van der Waals surface area contributed by atoms with Gasteiger partial charge in [0.05, 0.1) is 6.21 Å². The quantitative estimate of drug-likeness (QED) is 0.514. The van der Waals surface area contributed by atoms with Crippen molar-refractivity contribution in [2.75, 3.05) is 5.32 Å². The van der Waals surface area contributed by atoms with Gasteiger partial charge in [-0.05, 0) is 29.3 Å². The molecule has 0 unspecified atom stereocenters. The predicted octanol–water partition coefficient (Wildman–Crippen LogP) is 4.78. The van der Waals surface area contributed by atoms with Crippen LogP contribution in [0.4, 0.5) is 5.69 Å². The number of carbonyl (C=O) groups excluding carboxylic acids is 1. The fourth-order valence-corrected chi connectivity index (χ4v) is 3.32. The highest BCUT2D eigenvalue weighted by Gasteiger charge is 2.50. The number of nitrogens with zero attached hydrogens (tertiary/aromatic N) is 1. The van der Waals surface area contributed by atoms with E-state index in [1.54, 1.807) is 18.3 Å². The van der Waals surface area contributed by atoms with Gasteiger partial charge in [0.1, 0.15) is 0 Å². The molecule has 0 radical (unpaired) electrons. The van der Waals surface area contributed by atoms with Crippen LogP contribution in [-0.4, -0.2) is 12.1 Å². The maximum absolute atomic E-state index is 12.9. The highest BCUT2D eigenvalue weighted by Crippen LogP contribution is 2.41. The summed E-state index contributed by atoms with van der Waals surface area (Å²) in [6.45, 7) is 0. The van der Waals surface area contributed by atoms with Crippen molar-refractivity contribution in [1.29, 1.82) is 0 Å². The largest absolute Gasteiger partial charge is 0.374 e.